The van der Waals surface area contributed by atoms with Gasteiger partial charge in [-0.2, -0.15) is 0 Å². The number of carbonyl (C=O) groups excluding carboxylic acids is 1. The maximum absolute atomic E-state index is 14.6. The largest absolute Gasteiger partial charge is 0.485 e. The second-order valence-corrected chi connectivity index (χ2v) is 11.9. The Hall–Kier alpha value is -3.13. The molecule has 2 aromatic rings. The lowest BCUT2D eigenvalue weighted by atomic mass is 9.71. The Kier molecular flexibility index (Phi) is 6.77. The molecule has 2 heterocycles. The van der Waals surface area contributed by atoms with Gasteiger partial charge in [0, 0.05) is 35.2 Å². The molecule has 8 heteroatoms. The number of hydrazine groups is 1. The number of ketones is 1. The zero-order chi connectivity index (χ0) is 26.4. The van der Waals surface area contributed by atoms with Crippen LogP contribution in [-0.2, 0) is 4.79 Å². The average molecular weight is 515 g/mol. The van der Waals surface area contributed by atoms with Crippen molar-refractivity contribution in [2.24, 2.45) is 10.8 Å². The summed E-state index contributed by atoms with van der Waals surface area (Å²) in [6.45, 7) is 12.9. The van der Waals surface area contributed by atoms with E-state index in [1.165, 1.54) is 23.5 Å². The number of halogens is 2. The van der Waals surface area contributed by atoms with Crippen LogP contribution in [0.25, 0.3) is 5.70 Å². The molecular formula is C28H32F2N2O3S. The normalized spacial score (nSPS) is 15.9. The Balaban J connectivity index is 1.96. The van der Waals surface area contributed by atoms with Gasteiger partial charge in [-0.15, -0.1) is 11.3 Å². The van der Waals surface area contributed by atoms with E-state index in [0.29, 0.717) is 41.6 Å². The first-order valence-electron chi connectivity index (χ1n) is 11.8. The highest BCUT2D eigenvalue weighted by Gasteiger charge is 2.36. The molecule has 1 aromatic carbocycles. The minimum Gasteiger partial charge on any atom is -0.485 e. The summed E-state index contributed by atoms with van der Waals surface area (Å²) in [4.78, 5) is 14.3. The first kappa shape index (κ1) is 25.9. The third kappa shape index (κ3) is 5.05. The molecule has 1 aromatic heterocycles. The third-order valence-electron chi connectivity index (χ3n) is 6.05. The lowest BCUT2D eigenvalue weighted by molar-refractivity contribution is -0.114. The number of thiophene rings is 1. The fourth-order valence-corrected chi connectivity index (χ4v) is 5.23. The minimum absolute atomic E-state index is 0.0195. The minimum atomic E-state index is -0.713. The van der Waals surface area contributed by atoms with E-state index in [2.05, 4.69) is 5.43 Å². The van der Waals surface area contributed by atoms with Crippen LogP contribution in [0.2, 0.25) is 0 Å². The fourth-order valence-electron chi connectivity index (χ4n) is 4.20. The van der Waals surface area contributed by atoms with Crippen LogP contribution in [0.3, 0.4) is 0 Å². The fraction of sp³-hybridized carbons (Fsp3) is 0.393. The van der Waals surface area contributed by atoms with Gasteiger partial charge in [0.2, 0.25) is 0 Å². The smallest absolute Gasteiger partial charge is 0.186 e. The van der Waals surface area contributed by atoms with E-state index in [1.807, 2.05) is 59.1 Å². The molecule has 1 aliphatic heterocycles. The molecule has 36 heavy (non-hydrogen) atoms. The van der Waals surface area contributed by atoms with Crippen LogP contribution in [0.4, 0.5) is 14.5 Å². The van der Waals surface area contributed by atoms with Gasteiger partial charge in [-0.05, 0) is 35.1 Å². The van der Waals surface area contributed by atoms with E-state index in [1.54, 1.807) is 12.1 Å². The van der Waals surface area contributed by atoms with E-state index in [-0.39, 0.29) is 11.5 Å². The number of allylic oxidation sites excluding steroid dienone is 5. The van der Waals surface area contributed by atoms with Crippen LogP contribution >= 0.6 is 11.3 Å². The molecule has 0 atom stereocenters. The highest BCUT2D eigenvalue weighted by Crippen LogP contribution is 2.47. The zero-order valence-corrected chi connectivity index (χ0v) is 22.5. The van der Waals surface area contributed by atoms with E-state index in [9.17, 15) is 13.6 Å². The summed E-state index contributed by atoms with van der Waals surface area (Å²) in [5, 5.41) is 3.56. The summed E-state index contributed by atoms with van der Waals surface area (Å²) >= 11 is 1.44. The number of benzene rings is 1. The third-order valence-corrected chi connectivity index (χ3v) is 7.00. The average Bonchev–Trinajstić information content (AvgIpc) is 3.19. The Bertz CT molecular complexity index is 1260. The summed E-state index contributed by atoms with van der Waals surface area (Å²) < 4.78 is 39.8. The number of Topliss-reactive ketones (excluding diaryl/α,β-unsaturated/α-hetero) is 1. The predicted octanol–water partition coefficient (Wildman–Crippen LogP) is 7.00. The van der Waals surface area contributed by atoms with Crippen molar-refractivity contribution in [2.75, 3.05) is 25.7 Å². The molecule has 0 fully saturated rings. The van der Waals surface area contributed by atoms with Gasteiger partial charge in [-0.3, -0.25) is 15.2 Å². The second-order valence-electron chi connectivity index (χ2n) is 11.0. The van der Waals surface area contributed by atoms with E-state index in [4.69, 9.17) is 9.47 Å². The van der Waals surface area contributed by atoms with Crippen LogP contribution in [-0.4, -0.2) is 31.1 Å². The number of nitrogens with one attached hydrogen (secondary N) is 1. The number of anilines is 1. The first-order valence-corrected chi connectivity index (χ1v) is 12.7. The van der Waals surface area contributed by atoms with Gasteiger partial charge >= 0.3 is 0 Å². The Morgan fingerprint density at radius 2 is 1.61 bits per heavy atom. The van der Waals surface area contributed by atoms with Crippen LogP contribution in [0.5, 0.6) is 11.5 Å². The van der Waals surface area contributed by atoms with E-state index in [0.717, 1.165) is 16.5 Å². The molecular weight excluding hydrogens is 482 g/mol. The van der Waals surface area contributed by atoms with Gasteiger partial charge in [0.25, 0.3) is 0 Å². The van der Waals surface area contributed by atoms with Crippen LogP contribution in [0, 0.1) is 22.5 Å². The van der Waals surface area contributed by atoms with Crippen molar-refractivity contribution >= 4 is 28.5 Å². The zero-order valence-electron chi connectivity index (χ0n) is 21.7. The molecule has 0 saturated carbocycles. The van der Waals surface area contributed by atoms with Gasteiger partial charge in [-0.25, -0.2) is 8.78 Å². The summed E-state index contributed by atoms with van der Waals surface area (Å²) in [5.74, 6) is -0.0952. The molecule has 0 saturated heterocycles. The molecule has 0 spiro atoms. The lowest BCUT2D eigenvalue weighted by Gasteiger charge is -2.33. The number of nitrogens with zero attached hydrogens (tertiary/aromatic N) is 1. The van der Waals surface area contributed by atoms with Gasteiger partial charge in [0.15, 0.2) is 23.1 Å². The number of hydrogen-bond donors (Lipinski definition) is 1. The van der Waals surface area contributed by atoms with Crippen LogP contribution < -0.4 is 14.9 Å². The van der Waals surface area contributed by atoms with Crippen molar-refractivity contribution in [2.45, 2.75) is 41.5 Å². The van der Waals surface area contributed by atoms with Crippen molar-refractivity contribution in [1.82, 2.24) is 5.01 Å². The van der Waals surface area contributed by atoms with E-state index >= 15 is 0 Å². The van der Waals surface area contributed by atoms with Crippen molar-refractivity contribution in [1.29, 1.82) is 0 Å². The number of hydrogen-bond acceptors (Lipinski definition) is 6. The molecule has 4 rings (SSSR count). The number of fused-ring (bicyclic) bond motifs is 1. The molecule has 0 amide bonds. The summed E-state index contributed by atoms with van der Waals surface area (Å²) in [7, 11) is 1.76. The quantitative estimate of drug-likeness (QED) is 0.446. The van der Waals surface area contributed by atoms with Crippen LogP contribution in [0.15, 0.2) is 52.5 Å². The Morgan fingerprint density at radius 1 is 1.00 bits per heavy atom. The monoisotopic (exact) mass is 514 g/mol. The molecule has 0 unspecified atom stereocenters. The second kappa shape index (κ2) is 9.39. The molecule has 2 aliphatic rings. The van der Waals surface area contributed by atoms with Crippen LogP contribution in [0.1, 0.15) is 46.4 Å². The SMILES string of the molecule is CN(Nc1ccc(F)cc1F)C(=C1C=C(C(C)(C)C)C(=O)C(C(C)(C)C)=C1)c1scc2c1OCCO2. The highest BCUT2D eigenvalue weighted by atomic mass is 32.1. The van der Waals surface area contributed by atoms with Gasteiger partial charge in [0.1, 0.15) is 19.0 Å². The molecule has 1 N–H and O–H groups in total. The predicted molar refractivity (Wildman–Crippen MR) is 140 cm³/mol. The van der Waals surface area contributed by atoms with Crippen molar-refractivity contribution < 1.29 is 23.0 Å². The van der Waals surface area contributed by atoms with Crippen molar-refractivity contribution in [3.05, 3.63) is 69.0 Å². The van der Waals surface area contributed by atoms with Crippen molar-refractivity contribution in [3.8, 4) is 11.5 Å². The first-order chi connectivity index (χ1) is 16.8. The van der Waals surface area contributed by atoms with Gasteiger partial charge in [0.05, 0.1) is 16.3 Å². The number of rotatable bonds is 4. The van der Waals surface area contributed by atoms with E-state index < -0.39 is 22.5 Å². The maximum Gasteiger partial charge on any atom is 0.186 e. The number of carbonyl (C=O) groups is 1. The Labute approximate surface area is 215 Å². The molecule has 0 bridgehead atoms. The molecule has 192 valence electrons. The molecule has 5 nitrogen and oxygen atoms in total. The molecule has 0 radical (unpaired) electrons. The topological polar surface area (TPSA) is 50.8 Å². The van der Waals surface area contributed by atoms with Crippen molar-refractivity contribution in [3.63, 3.8) is 0 Å². The summed E-state index contributed by atoms with van der Waals surface area (Å²) in [6, 6.07) is 3.39. The molecule has 1 aliphatic carbocycles. The maximum atomic E-state index is 14.6. The summed E-state index contributed by atoms with van der Waals surface area (Å²) in [5.41, 5.74) is 5.20. The number of ether oxygens (including phenoxy) is 2. The highest BCUT2D eigenvalue weighted by molar-refractivity contribution is 7.11. The standard InChI is InChI=1S/C28H32F2N2O3S/c1-27(2,3)18-12-16(13-19(24(18)33)28(4,5)6)23(26-25-22(15-36-26)34-10-11-35-25)32(7)31-21-9-8-17(29)14-20(21)30/h8-9,12-15,31H,10-11H2,1-7H3. The lowest BCUT2D eigenvalue weighted by Crippen LogP contribution is -2.30. The van der Waals surface area contributed by atoms with Gasteiger partial charge in [-0.1, -0.05) is 41.5 Å². The Morgan fingerprint density at radius 3 is 2.19 bits per heavy atom. The summed E-state index contributed by atoms with van der Waals surface area (Å²) in [6.07, 6.45) is 3.81. The van der Waals surface area contributed by atoms with Gasteiger partial charge < -0.3 is 9.47 Å².